The number of methoxy groups -OCH3 is 6. The van der Waals surface area contributed by atoms with Crippen molar-refractivity contribution < 1.29 is 37.5 Å². The molecule has 0 amide bonds. The number of anilines is 2. The maximum atomic E-state index is 14.3. The summed E-state index contributed by atoms with van der Waals surface area (Å²) in [7, 11) is 9.54. The Balaban J connectivity index is 1.20. The van der Waals surface area contributed by atoms with Crippen LogP contribution in [-0.4, -0.2) is 106 Å². The van der Waals surface area contributed by atoms with Crippen LogP contribution in [0, 0.1) is 11.7 Å². The van der Waals surface area contributed by atoms with Gasteiger partial charge in [0.1, 0.15) is 0 Å². The largest absolute Gasteiger partial charge is 0.493 e. The van der Waals surface area contributed by atoms with E-state index in [2.05, 4.69) is 9.80 Å². The van der Waals surface area contributed by atoms with E-state index in [9.17, 15) is 4.39 Å². The molecule has 4 heterocycles. The Morgan fingerprint density at radius 1 is 0.702 bits per heavy atom. The first-order valence-corrected chi connectivity index (χ1v) is 19.1. The second kappa shape index (κ2) is 17.3. The Hall–Kier alpha value is -5.61. The van der Waals surface area contributed by atoms with E-state index in [1.165, 1.54) is 6.07 Å². The van der Waals surface area contributed by atoms with Crippen LogP contribution in [0.25, 0.3) is 21.8 Å². The molecule has 304 valence electrons. The van der Waals surface area contributed by atoms with Gasteiger partial charge in [-0.25, -0.2) is 20.2 Å². The van der Waals surface area contributed by atoms with Gasteiger partial charge >= 0.3 is 0 Å². The summed E-state index contributed by atoms with van der Waals surface area (Å²) in [6.45, 7) is 5.31. The Labute approximate surface area is 331 Å². The first-order valence-electron chi connectivity index (χ1n) is 19.1. The number of hydrogen-bond acceptors (Lipinski definition) is 15. The van der Waals surface area contributed by atoms with Crippen LogP contribution in [0.2, 0.25) is 0 Å². The summed E-state index contributed by atoms with van der Waals surface area (Å²) in [5.74, 6) is 11.1. The van der Waals surface area contributed by atoms with Gasteiger partial charge < -0.3 is 38.1 Å². The summed E-state index contributed by atoms with van der Waals surface area (Å²) in [6.07, 6.45) is 3.23. The number of aromatic nitrogens is 4. The molecule has 2 saturated heterocycles. The van der Waals surface area contributed by atoms with Crippen LogP contribution in [0.4, 0.5) is 16.3 Å². The Bertz CT molecular complexity index is 2210. The van der Waals surface area contributed by atoms with Gasteiger partial charge in [0.15, 0.2) is 34.6 Å². The maximum absolute atomic E-state index is 14.3. The predicted molar refractivity (Wildman–Crippen MR) is 215 cm³/mol. The number of nitrogens with two attached hydrogens (primary N) is 1. The topological polar surface area (TPSA) is 152 Å². The molecule has 2 atom stereocenters. The van der Waals surface area contributed by atoms with E-state index in [0.717, 1.165) is 36.9 Å². The number of hydrazine groups is 1. The summed E-state index contributed by atoms with van der Waals surface area (Å²) in [6, 6.07) is 12.3. The first kappa shape index (κ1) is 39.6. The standard InChI is InChI=1S/C41H51FN8O7/c1-8-57-33-17-24(9-10-29(33)42)23-48-14-11-25(12-15-48)32-18-26(50(43)41-45-31-22-37(54-5)35(52-3)20-28(31)39(47-41)56-7)13-16-49(32)40-44-30-21-36(53-4)34(51-2)19-27(30)38(46-40)55-6/h9-10,17,19-22,25-26,32H,8,11-16,18,23,43H2,1-7H3. The van der Waals surface area contributed by atoms with Crippen LogP contribution in [0.5, 0.6) is 40.5 Å². The average molecular weight is 787 g/mol. The molecule has 2 aromatic heterocycles. The highest BCUT2D eigenvalue weighted by molar-refractivity contribution is 5.89. The van der Waals surface area contributed by atoms with Gasteiger partial charge in [-0.2, -0.15) is 9.97 Å². The fraction of sp³-hybridized carbons (Fsp3) is 0.463. The molecule has 0 bridgehead atoms. The normalized spacial score (nSPS) is 17.7. The number of benzene rings is 3. The third-order valence-electron chi connectivity index (χ3n) is 11.1. The van der Waals surface area contributed by atoms with Gasteiger partial charge in [-0.05, 0) is 81.4 Å². The number of rotatable bonds is 14. The van der Waals surface area contributed by atoms with Gasteiger partial charge in [-0.15, -0.1) is 0 Å². The fourth-order valence-electron chi connectivity index (χ4n) is 8.14. The highest BCUT2D eigenvalue weighted by atomic mass is 19.1. The Morgan fingerprint density at radius 2 is 1.30 bits per heavy atom. The van der Waals surface area contributed by atoms with Gasteiger partial charge in [0, 0.05) is 31.3 Å². The van der Waals surface area contributed by atoms with Gasteiger partial charge in [-0.1, -0.05) is 6.07 Å². The molecule has 2 aliphatic rings. The van der Waals surface area contributed by atoms with Crippen LogP contribution in [0.1, 0.15) is 38.2 Å². The lowest BCUT2D eigenvalue weighted by molar-refractivity contribution is 0.148. The zero-order chi connectivity index (χ0) is 40.2. The first-order chi connectivity index (χ1) is 27.7. The van der Waals surface area contributed by atoms with E-state index in [1.54, 1.807) is 65.9 Å². The van der Waals surface area contributed by atoms with Gasteiger partial charge in [-0.3, -0.25) is 9.91 Å². The second-order valence-corrected chi connectivity index (χ2v) is 14.2. The molecule has 2 unspecified atom stereocenters. The minimum absolute atomic E-state index is 0.0151. The highest BCUT2D eigenvalue weighted by Crippen LogP contribution is 2.40. The van der Waals surface area contributed by atoms with Gasteiger partial charge in [0.2, 0.25) is 23.7 Å². The molecule has 5 aromatic rings. The minimum atomic E-state index is -0.349. The van der Waals surface area contributed by atoms with Crippen molar-refractivity contribution >= 4 is 33.7 Å². The second-order valence-electron chi connectivity index (χ2n) is 14.2. The van der Waals surface area contributed by atoms with Crippen LogP contribution in [0.15, 0.2) is 42.5 Å². The molecule has 2 fully saturated rings. The zero-order valence-corrected chi connectivity index (χ0v) is 33.6. The molecular formula is C41H51FN8O7. The molecule has 16 heteroatoms. The van der Waals surface area contributed by atoms with E-state index >= 15 is 0 Å². The molecule has 2 aliphatic heterocycles. The monoisotopic (exact) mass is 786 g/mol. The number of halogens is 1. The van der Waals surface area contributed by atoms with Crippen molar-refractivity contribution in [3.63, 3.8) is 0 Å². The van der Waals surface area contributed by atoms with Crippen LogP contribution < -0.4 is 48.9 Å². The summed E-state index contributed by atoms with van der Waals surface area (Å²) < 4.78 is 53.7. The minimum Gasteiger partial charge on any atom is -0.493 e. The molecule has 0 radical (unpaired) electrons. The van der Waals surface area contributed by atoms with E-state index in [-0.39, 0.29) is 29.6 Å². The van der Waals surface area contributed by atoms with Gasteiger partial charge in [0.25, 0.3) is 0 Å². The molecule has 57 heavy (non-hydrogen) atoms. The van der Waals surface area contributed by atoms with Crippen molar-refractivity contribution in [3.8, 4) is 40.5 Å². The fourth-order valence-corrected chi connectivity index (χ4v) is 8.14. The van der Waals surface area contributed by atoms with Crippen molar-refractivity contribution in [1.29, 1.82) is 0 Å². The van der Waals surface area contributed by atoms with Crippen molar-refractivity contribution in [2.75, 3.05) is 78.8 Å². The molecule has 0 aliphatic carbocycles. The molecule has 3 aromatic carbocycles. The number of nitrogens with zero attached hydrogens (tertiary/aromatic N) is 7. The number of piperidine rings is 2. The molecule has 0 spiro atoms. The van der Waals surface area contributed by atoms with Crippen LogP contribution in [0.3, 0.4) is 0 Å². The van der Waals surface area contributed by atoms with Crippen LogP contribution in [-0.2, 0) is 6.54 Å². The summed E-state index contributed by atoms with van der Waals surface area (Å²) in [5.41, 5.74) is 2.31. The molecule has 7 rings (SSSR count). The average Bonchev–Trinajstić information content (AvgIpc) is 3.25. The third kappa shape index (κ3) is 8.01. The van der Waals surface area contributed by atoms with Gasteiger partial charge in [0.05, 0.1) is 77.1 Å². The lowest BCUT2D eigenvalue weighted by Crippen LogP contribution is -2.56. The quantitative estimate of drug-likeness (QED) is 0.107. The molecular weight excluding hydrogens is 735 g/mol. The molecule has 0 saturated carbocycles. The van der Waals surface area contributed by atoms with E-state index in [1.807, 2.05) is 25.1 Å². The van der Waals surface area contributed by atoms with Crippen LogP contribution >= 0.6 is 0 Å². The molecule has 15 nitrogen and oxygen atoms in total. The van der Waals surface area contributed by atoms with E-state index in [0.29, 0.717) is 95.6 Å². The number of hydrogen-bond donors (Lipinski definition) is 1. The zero-order valence-electron chi connectivity index (χ0n) is 33.6. The smallest absolute Gasteiger partial charge is 0.243 e. The third-order valence-corrected chi connectivity index (χ3v) is 11.1. The number of fused-ring (bicyclic) bond motifs is 2. The van der Waals surface area contributed by atoms with Crippen molar-refractivity contribution in [3.05, 3.63) is 53.8 Å². The summed E-state index contributed by atoms with van der Waals surface area (Å²) in [4.78, 5) is 24.4. The number of likely N-dealkylation sites (tertiary alicyclic amines) is 1. The molecule has 2 N–H and O–H groups in total. The maximum Gasteiger partial charge on any atom is 0.243 e. The number of ether oxygens (including phenoxy) is 7. The lowest BCUT2D eigenvalue weighted by Gasteiger charge is -2.47. The summed E-state index contributed by atoms with van der Waals surface area (Å²) >= 11 is 0. The van der Waals surface area contributed by atoms with Crippen molar-refractivity contribution in [2.45, 2.75) is 51.2 Å². The van der Waals surface area contributed by atoms with E-state index < -0.39 is 0 Å². The van der Waals surface area contributed by atoms with E-state index in [4.69, 9.17) is 58.9 Å². The van der Waals surface area contributed by atoms with Crippen molar-refractivity contribution in [2.24, 2.45) is 11.8 Å². The SMILES string of the molecule is CCOc1cc(CN2CCC(C3CC(N(N)c4nc(OC)c5cc(OC)c(OC)cc5n4)CCN3c3nc(OC)c4cc(OC)c(OC)cc4n3)CC2)ccc1F. The predicted octanol–water partition coefficient (Wildman–Crippen LogP) is 5.79. The lowest BCUT2D eigenvalue weighted by atomic mass is 9.82. The Kier molecular flexibility index (Phi) is 12.0. The van der Waals surface area contributed by atoms with Crippen molar-refractivity contribution in [1.82, 2.24) is 24.8 Å². The Morgan fingerprint density at radius 3 is 1.89 bits per heavy atom. The highest BCUT2D eigenvalue weighted by Gasteiger charge is 2.39. The summed E-state index contributed by atoms with van der Waals surface area (Å²) in [5, 5.41) is 3.07.